The van der Waals surface area contributed by atoms with Crippen LogP contribution in [0.2, 0.25) is 0 Å². The molecule has 13 aromatic carbocycles. The molecular formula is C97H65N5O2. The van der Waals surface area contributed by atoms with Crippen molar-refractivity contribution in [2.24, 2.45) is 11.8 Å². The number of hydrogen-bond donors (Lipinski definition) is 0. The first-order valence-electron chi connectivity index (χ1n) is 36.1. The molecule has 18 aromatic rings. The minimum Gasteiger partial charge on any atom is -0.456 e. The number of hydrogen-bond acceptors (Lipinski definition) is 5. The summed E-state index contributed by atoms with van der Waals surface area (Å²) in [6.07, 6.45) is 11.7. The molecule has 2 atom stereocenters. The van der Waals surface area contributed by atoms with Crippen molar-refractivity contribution in [1.82, 2.24) is 24.1 Å². The predicted octanol–water partition coefficient (Wildman–Crippen LogP) is 24.8. The smallest absolute Gasteiger partial charge is 0.164 e. The molecule has 0 fully saturated rings. The lowest BCUT2D eigenvalue weighted by Gasteiger charge is -2.31. The topological polar surface area (TPSA) is 74.8 Å². The second-order valence-corrected chi connectivity index (χ2v) is 29.7. The van der Waals surface area contributed by atoms with Gasteiger partial charge in [0, 0.05) is 93.8 Å². The summed E-state index contributed by atoms with van der Waals surface area (Å²) >= 11 is 0. The maximum absolute atomic E-state index is 6.36. The number of furan rings is 2. The van der Waals surface area contributed by atoms with E-state index in [1.165, 1.54) is 138 Å². The largest absolute Gasteiger partial charge is 0.456 e. The van der Waals surface area contributed by atoms with Crippen molar-refractivity contribution in [3.8, 4) is 67.8 Å². The van der Waals surface area contributed by atoms with Gasteiger partial charge in [-0.05, 0) is 187 Å². The van der Waals surface area contributed by atoms with Gasteiger partial charge >= 0.3 is 0 Å². The molecule has 0 radical (unpaired) electrons. The van der Waals surface area contributed by atoms with Gasteiger partial charge in [0.2, 0.25) is 0 Å². The molecule has 0 aliphatic heterocycles. The van der Waals surface area contributed by atoms with Gasteiger partial charge in [-0.1, -0.05) is 228 Å². The zero-order chi connectivity index (χ0) is 68.8. The first kappa shape index (κ1) is 58.8. The Morgan fingerprint density at radius 3 is 1.14 bits per heavy atom. The number of aromatic nitrogens is 5. The van der Waals surface area contributed by atoms with Crippen LogP contribution in [0.25, 0.3) is 172 Å². The van der Waals surface area contributed by atoms with E-state index in [1.54, 1.807) is 0 Å². The highest BCUT2D eigenvalue weighted by molar-refractivity contribution is 6.16. The Kier molecular flexibility index (Phi) is 12.3. The van der Waals surface area contributed by atoms with E-state index in [0.29, 0.717) is 29.3 Å². The minimum atomic E-state index is -0.206. The molecule has 0 saturated carbocycles. The van der Waals surface area contributed by atoms with Crippen LogP contribution in [0.15, 0.2) is 318 Å². The highest BCUT2D eigenvalue weighted by Gasteiger charge is 2.42. The summed E-state index contributed by atoms with van der Waals surface area (Å²) in [5, 5.41) is 9.71. The molecule has 23 rings (SSSR count). The van der Waals surface area contributed by atoms with Crippen molar-refractivity contribution in [2.75, 3.05) is 0 Å². The molecule has 0 spiro atoms. The summed E-state index contributed by atoms with van der Waals surface area (Å²) in [5.41, 5.74) is 32.2. The molecule has 104 heavy (non-hydrogen) atoms. The third-order valence-electron chi connectivity index (χ3n) is 23.4. The van der Waals surface area contributed by atoms with Crippen molar-refractivity contribution in [3.05, 3.63) is 348 Å². The Balaban J connectivity index is 0.000000131. The summed E-state index contributed by atoms with van der Waals surface area (Å²) in [7, 11) is 0. The van der Waals surface area contributed by atoms with E-state index in [4.69, 9.17) is 23.8 Å². The Morgan fingerprint density at radius 2 is 0.663 bits per heavy atom. The number of allylic oxidation sites excluding steroid dienone is 8. The van der Waals surface area contributed by atoms with Gasteiger partial charge in [0.1, 0.15) is 22.3 Å². The first-order chi connectivity index (χ1) is 51.1. The molecule has 5 aliphatic rings. The fourth-order valence-corrected chi connectivity index (χ4v) is 18.4. The Morgan fingerprint density at radius 1 is 0.288 bits per heavy atom. The molecule has 5 heterocycles. The van der Waals surface area contributed by atoms with E-state index in [-0.39, 0.29) is 10.8 Å². The highest BCUT2D eigenvalue weighted by atomic mass is 16.3. The van der Waals surface area contributed by atoms with Crippen LogP contribution in [0.1, 0.15) is 66.6 Å². The van der Waals surface area contributed by atoms with Gasteiger partial charge in [0.25, 0.3) is 0 Å². The molecule has 0 N–H and O–H groups in total. The Bertz CT molecular complexity index is 6830. The normalized spacial score (nSPS) is 16.2. The van der Waals surface area contributed by atoms with E-state index in [2.05, 4.69) is 273 Å². The van der Waals surface area contributed by atoms with Crippen LogP contribution in [0.5, 0.6) is 0 Å². The fourth-order valence-electron chi connectivity index (χ4n) is 18.4. The highest BCUT2D eigenvalue weighted by Crippen LogP contribution is 2.58. The van der Waals surface area contributed by atoms with Gasteiger partial charge in [0.15, 0.2) is 17.5 Å². The van der Waals surface area contributed by atoms with Crippen LogP contribution >= 0.6 is 0 Å². The second-order valence-electron chi connectivity index (χ2n) is 29.7. The van der Waals surface area contributed by atoms with Crippen LogP contribution in [-0.4, -0.2) is 24.1 Å². The number of para-hydroxylation sites is 4. The predicted molar refractivity (Wildman–Crippen MR) is 427 cm³/mol. The van der Waals surface area contributed by atoms with Crippen LogP contribution in [0.3, 0.4) is 0 Å². The number of benzene rings is 13. The molecule has 0 saturated heterocycles. The van der Waals surface area contributed by atoms with Gasteiger partial charge in [-0.25, -0.2) is 15.0 Å². The van der Waals surface area contributed by atoms with Gasteiger partial charge in [0.05, 0.1) is 22.1 Å². The van der Waals surface area contributed by atoms with Crippen molar-refractivity contribution >= 4 is 104 Å². The van der Waals surface area contributed by atoms with Crippen molar-refractivity contribution in [3.63, 3.8) is 0 Å². The molecule has 490 valence electrons. The molecule has 7 heteroatoms. The standard InChI is InChI=1S/C49H33NO.C48H32N4O/c1-49(2)42-26-45-40(24-38(42)39-25-41-34-13-6-8-17-46(34)51-47(41)27-43(39)49)33-12-5-7-16-44(33)50(45)29-20-18-28(19-21-29)30-22-23-37-32-11-4-3-10-31(32)36-15-9-14-35(30)48(36)37;1-48(2)39-27-42-37(25-35(39)36-26-38-34-18-10-12-20-43(34)53-44(38)28-40(36)48)33-17-9-11-19-41(33)52(42)32-23-21-31(22-24-32)47-50-45(29-13-5-3-6-14-29)49-46(51-47)30-15-7-4-8-16-30/h3-27,35,48H,1-2H3;3-28H,1-2H3. The lowest BCUT2D eigenvalue weighted by molar-refractivity contribution is 0.647. The van der Waals surface area contributed by atoms with Gasteiger partial charge in [-0.2, -0.15) is 0 Å². The lowest BCUT2D eigenvalue weighted by atomic mass is 9.72. The summed E-state index contributed by atoms with van der Waals surface area (Å²) in [6.45, 7) is 9.39. The second kappa shape index (κ2) is 21.8. The van der Waals surface area contributed by atoms with E-state index < -0.39 is 0 Å². The Labute approximate surface area is 600 Å². The average molecular weight is 1330 g/mol. The zero-order valence-electron chi connectivity index (χ0n) is 57.7. The molecule has 7 nitrogen and oxygen atoms in total. The third kappa shape index (κ3) is 8.49. The van der Waals surface area contributed by atoms with Crippen LogP contribution < -0.4 is 0 Å². The fraction of sp³-hybridized carbons (Fsp3) is 0.0825. The lowest BCUT2D eigenvalue weighted by Crippen LogP contribution is -2.18. The maximum atomic E-state index is 6.36. The molecular weight excluding hydrogens is 1270 g/mol. The van der Waals surface area contributed by atoms with Crippen molar-refractivity contribution in [1.29, 1.82) is 0 Å². The van der Waals surface area contributed by atoms with Gasteiger partial charge in [-0.15, -0.1) is 0 Å². The SMILES string of the molecule is CC1(C)c2cc3oc4ccccc4c3cc2-c2cc3c4ccccc4n(-c4ccc(-c5nc(-c6ccccc6)nc(-c6ccccc6)n5)cc4)c3cc21.CC1(C)c2cc3oc4ccccc4c3cc2-c2cc3c4ccccc4n(-c4ccc(C5=CC=C6c7ccccc7C7=CC=CC5C76)cc4)c3cc21. The van der Waals surface area contributed by atoms with E-state index in [9.17, 15) is 0 Å². The summed E-state index contributed by atoms with van der Waals surface area (Å²) in [5.74, 6) is 2.67. The van der Waals surface area contributed by atoms with E-state index in [1.807, 2.05) is 72.8 Å². The van der Waals surface area contributed by atoms with Gasteiger partial charge < -0.3 is 18.0 Å². The summed E-state index contributed by atoms with van der Waals surface area (Å²) in [4.78, 5) is 14.8. The summed E-state index contributed by atoms with van der Waals surface area (Å²) < 4.78 is 17.6. The number of nitrogens with zero attached hydrogens (tertiary/aromatic N) is 5. The molecule has 5 aromatic heterocycles. The number of fused-ring (bicyclic) bond motifs is 21. The molecule has 2 unspecified atom stereocenters. The van der Waals surface area contributed by atoms with Crippen LogP contribution in [-0.2, 0) is 10.8 Å². The monoisotopic (exact) mass is 1330 g/mol. The molecule has 0 bridgehead atoms. The quantitative estimate of drug-likeness (QED) is 0.166. The maximum Gasteiger partial charge on any atom is 0.164 e. The average Bonchev–Trinajstić information content (AvgIpc) is 1.54. The first-order valence-corrected chi connectivity index (χ1v) is 36.1. The van der Waals surface area contributed by atoms with E-state index in [0.717, 1.165) is 55.5 Å². The van der Waals surface area contributed by atoms with Crippen molar-refractivity contribution in [2.45, 2.75) is 38.5 Å². The molecule has 5 aliphatic carbocycles. The number of rotatable bonds is 6. The van der Waals surface area contributed by atoms with E-state index >= 15 is 0 Å². The minimum absolute atomic E-state index is 0.169. The van der Waals surface area contributed by atoms with Gasteiger partial charge in [-0.3, -0.25) is 0 Å². The molecule has 0 amide bonds. The van der Waals surface area contributed by atoms with Crippen molar-refractivity contribution < 1.29 is 8.83 Å². The zero-order valence-corrected chi connectivity index (χ0v) is 57.7. The van der Waals surface area contributed by atoms with Crippen LogP contribution in [0.4, 0.5) is 0 Å². The Hall–Kier alpha value is -13.0. The summed E-state index contributed by atoms with van der Waals surface area (Å²) in [6, 6.07) is 100. The van der Waals surface area contributed by atoms with Crippen LogP contribution in [0, 0.1) is 11.8 Å². The third-order valence-corrected chi connectivity index (χ3v) is 23.4.